The predicted octanol–water partition coefficient (Wildman–Crippen LogP) is -1.17. The fourth-order valence-electron chi connectivity index (χ4n) is 0.712. The quantitative estimate of drug-likeness (QED) is 0.475. The molecule has 1 aliphatic rings. The van der Waals surface area contributed by atoms with Crippen molar-refractivity contribution in [3.05, 3.63) is 0 Å². The van der Waals surface area contributed by atoms with E-state index in [1.165, 1.54) is 0 Å². The molecule has 1 aliphatic heterocycles. The van der Waals surface area contributed by atoms with Crippen LogP contribution >= 0.6 is 0 Å². The zero-order valence-electron chi connectivity index (χ0n) is 5.28. The van der Waals surface area contributed by atoms with Gasteiger partial charge in [-0.2, -0.15) is 0 Å². The normalized spacial score (nSPS) is 29.6. The van der Waals surface area contributed by atoms with Gasteiger partial charge >= 0.3 is 0 Å². The highest BCUT2D eigenvalue weighted by Gasteiger charge is 2.25. The van der Waals surface area contributed by atoms with E-state index in [1.807, 2.05) is 0 Å². The van der Waals surface area contributed by atoms with Crippen LogP contribution in [-0.2, 0) is 19.7 Å². The zero-order chi connectivity index (χ0) is 7.83. The summed E-state index contributed by atoms with van der Waals surface area (Å²) in [7, 11) is -6.07. The summed E-state index contributed by atoms with van der Waals surface area (Å²) in [5.41, 5.74) is 0. The molecule has 0 unspecified atom stereocenters. The van der Waals surface area contributed by atoms with Crippen molar-refractivity contribution >= 4 is 19.7 Å². The van der Waals surface area contributed by atoms with Gasteiger partial charge in [-0.15, -0.1) is 0 Å². The molecule has 0 spiro atoms. The summed E-state index contributed by atoms with van der Waals surface area (Å²) < 4.78 is 42.7. The molecular weight excluding hydrogens is 176 g/mol. The summed E-state index contributed by atoms with van der Waals surface area (Å²) in [6, 6.07) is 0. The fourth-order valence-corrected chi connectivity index (χ4v) is 5.18. The highest BCUT2D eigenvalue weighted by molar-refractivity contribution is 7.98. The van der Waals surface area contributed by atoms with Crippen molar-refractivity contribution < 1.29 is 16.8 Å². The predicted molar refractivity (Wildman–Crippen MR) is 37.3 cm³/mol. The zero-order valence-corrected chi connectivity index (χ0v) is 6.91. The first-order chi connectivity index (χ1) is 4.41. The van der Waals surface area contributed by atoms with E-state index < -0.39 is 19.7 Å². The molecule has 4 nitrogen and oxygen atoms in total. The maximum Gasteiger partial charge on any atom is 0.152 e. The Morgan fingerprint density at radius 1 is 0.600 bits per heavy atom. The van der Waals surface area contributed by atoms with Crippen molar-refractivity contribution in [1.82, 2.24) is 0 Å². The van der Waals surface area contributed by atoms with Crippen LogP contribution in [0.2, 0.25) is 0 Å². The lowest BCUT2D eigenvalue weighted by Gasteiger charge is -2.10. The highest BCUT2D eigenvalue weighted by atomic mass is 32.2. The molecule has 0 bridgehead atoms. The molecule has 1 rings (SSSR count). The van der Waals surface area contributed by atoms with Crippen LogP contribution in [-0.4, -0.2) is 39.8 Å². The van der Waals surface area contributed by atoms with Crippen LogP contribution in [0.1, 0.15) is 0 Å². The van der Waals surface area contributed by atoms with Gasteiger partial charge in [0.15, 0.2) is 19.7 Å². The smallest absolute Gasteiger partial charge is 0.152 e. The standard InChI is InChI=1S/C4H8O4S2/c5-9(6)1-2-10(7,8)4-3-9/h1-4H2. The Balaban J connectivity index is 2.82. The molecule has 0 aromatic carbocycles. The summed E-state index contributed by atoms with van der Waals surface area (Å²) in [6.07, 6.45) is 0. The van der Waals surface area contributed by atoms with Gasteiger partial charge < -0.3 is 0 Å². The second-order valence-electron chi connectivity index (χ2n) is 2.30. The number of hydrogen-bond acceptors (Lipinski definition) is 4. The lowest BCUT2D eigenvalue weighted by molar-refractivity contribution is 0.580. The lowest BCUT2D eigenvalue weighted by atomic mass is 10.9. The second-order valence-corrected chi connectivity index (χ2v) is 6.91. The molecule has 0 aliphatic carbocycles. The molecule has 0 amide bonds. The van der Waals surface area contributed by atoms with E-state index in [-0.39, 0.29) is 23.0 Å². The molecule has 10 heavy (non-hydrogen) atoms. The molecule has 0 aromatic rings. The molecule has 6 heteroatoms. The van der Waals surface area contributed by atoms with Gasteiger partial charge in [0.05, 0.1) is 23.0 Å². The summed E-state index contributed by atoms with van der Waals surface area (Å²) in [4.78, 5) is 0. The topological polar surface area (TPSA) is 68.3 Å². The first kappa shape index (κ1) is 8.00. The molecule has 0 radical (unpaired) electrons. The Morgan fingerprint density at radius 2 is 0.800 bits per heavy atom. The van der Waals surface area contributed by atoms with Crippen molar-refractivity contribution in [2.75, 3.05) is 23.0 Å². The van der Waals surface area contributed by atoms with E-state index in [2.05, 4.69) is 0 Å². The second kappa shape index (κ2) is 2.20. The Morgan fingerprint density at radius 3 is 1.00 bits per heavy atom. The van der Waals surface area contributed by atoms with Crippen LogP contribution in [0.15, 0.2) is 0 Å². The van der Waals surface area contributed by atoms with Crippen molar-refractivity contribution in [2.45, 2.75) is 0 Å². The van der Waals surface area contributed by atoms with Crippen LogP contribution in [0, 0.1) is 0 Å². The lowest BCUT2D eigenvalue weighted by Crippen LogP contribution is -2.31. The first-order valence-corrected chi connectivity index (χ1v) is 6.46. The van der Waals surface area contributed by atoms with Gasteiger partial charge in [-0.05, 0) is 0 Å². The SMILES string of the molecule is O=S1(=O)CCS(=O)(=O)CC1. The Labute approximate surface area is 60.1 Å². The maximum absolute atomic E-state index is 10.7. The number of hydrogen-bond donors (Lipinski definition) is 0. The molecule has 0 aromatic heterocycles. The van der Waals surface area contributed by atoms with E-state index in [9.17, 15) is 16.8 Å². The van der Waals surface area contributed by atoms with Gasteiger partial charge in [-0.25, -0.2) is 16.8 Å². The summed E-state index contributed by atoms with van der Waals surface area (Å²) in [6.45, 7) is 0. The maximum atomic E-state index is 10.7. The number of sulfone groups is 2. The minimum absolute atomic E-state index is 0.199. The average Bonchev–Trinajstić information content (AvgIpc) is 1.79. The van der Waals surface area contributed by atoms with Gasteiger partial charge in [0.2, 0.25) is 0 Å². The van der Waals surface area contributed by atoms with Crippen LogP contribution in [0.4, 0.5) is 0 Å². The van der Waals surface area contributed by atoms with E-state index in [0.29, 0.717) is 0 Å². The highest BCUT2D eigenvalue weighted by Crippen LogP contribution is 2.04. The van der Waals surface area contributed by atoms with Gasteiger partial charge in [-0.1, -0.05) is 0 Å². The van der Waals surface area contributed by atoms with Crippen molar-refractivity contribution in [2.24, 2.45) is 0 Å². The van der Waals surface area contributed by atoms with Crippen LogP contribution in [0.3, 0.4) is 0 Å². The molecule has 0 saturated carbocycles. The van der Waals surface area contributed by atoms with Crippen molar-refractivity contribution in [1.29, 1.82) is 0 Å². The molecule has 1 fully saturated rings. The van der Waals surface area contributed by atoms with Crippen LogP contribution in [0.5, 0.6) is 0 Å². The molecule has 1 heterocycles. The molecular formula is C4H8O4S2. The van der Waals surface area contributed by atoms with Gasteiger partial charge in [-0.3, -0.25) is 0 Å². The first-order valence-electron chi connectivity index (χ1n) is 2.82. The van der Waals surface area contributed by atoms with Gasteiger partial charge in [0, 0.05) is 0 Å². The third-order valence-corrected chi connectivity index (χ3v) is 5.23. The third kappa shape index (κ3) is 1.95. The Hall–Kier alpha value is -0.100. The Kier molecular flexibility index (Phi) is 1.76. The monoisotopic (exact) mass is 184 g/mol. The molecule has 1 saturated heterocycles. The van der Waals surface area contributed by atoms with Crippen LogP contribution in [0.25, 0.3) is 0 Å². The Bertz CT molecular complexity index is 255. The van der Waals surface area contributed by atoms with E-state index in [4.69, 9.17) is 0 Å². The van der Waals surface area contributed by atoms with Gasteiger partial charge in [0.1, 0.15) is 0 Å². The van der Waals surface area contributed by atoms with E-state index >= 15 is 0 Å². The third-order valence-electron chi connectivity index (χ3n) is 1.41. The minimum Gasteiger partial charge on any atom is -0.229 e. The fraction of sp³-hybridized carbons (Fsp3) is 1.00. The largest absolute Gasteiger partial charge is 0.229 e. The van der Waals surface area contributed by atoms with Gasteiger partial charge in [0.25, 0.3) is 0 Å². The molecule has 60 valence electrons. The summed E-state index contributed by atoms with van der Waals surface area (Å²) in [5.74, 6) is -0.796. The van der Waals surface area contributed by atoms with Crippen molar-refractivity contribution in [3.8, 4) is 0 Å². The van der Waals surface area contributed by atoms with Crippen LogP contribution < -0.4 is 0 Å². The summed E-state index contributed by atoms with van der Waals surface area (Å²) in [5, 5.41) is 0. The number of rotatable bonds is 0. The average molecular weight is 184 g/mol. The minimum atomic E-state index is -3.03. The van der Waals surface area contributed by atoms with Crippen molar-refractivity contribution in [3.63, 3.8) is 0 Å². The van der Waals surface area contributed by atoms with E-state index in [1.54, 1.807) is 0 Å². The molecule has 0 atom stereocenters. The van der Waals surface area contributed by atoms with E-state index in [0.717, 1.165) is 0 Å². The molecule has 0 N–H and O–H groups in total. The summed E-state index contributed by atoms with van der Waals surface area (Å²) >= 11 is 0.